The molecule has 1 aliphatic rings. The molecule has 94 valence electrons. The minimum atomic E-state index is -0.373. The summed E-state index contributed by atoms with van der Waals surface area (Å²) >= 11 is 0. The number of carbonyl (C=O) groups is 1. The smallest absolute Gasteiger partial charge is 0.414 e. The van der Waals surface area contributed by atoms with Gasteiger partial charge in [-0.05, 0) is 19.1 Å². The molecule has 0 aliphatic carbocycles. The summed E-state index contributed by atoms with van der Waals surface area (Å²) < 4.78 is 10.2. The number of fused-ring (bicyclic) bond motifs is 1. The molecule has 1 unspecified atom stereocenters. The molecule has 0 saturated carbocycles. The fraction of sp³-hybridized carbons (Fsp3) is 0.385. The van der Waals surface area contributed by atoms with Crippen molar-refractivity contribution in [3.05, 3.63) is 35.2 Å². The van der Waals surface area contributed by atoms with Gasteiger partial charge in [0.2, 0.25) is 0 Å². The van der Waals surface area contributed by atoms with E-state index in [1.54, 1.807) is 32.2 Å². The zero-order chi connectivity index (χ0) is 13.1. The van der Waals surface area contributed by atoms with E-state index in [4.69, 9.17) is 16.0 Å². The predicted molar refractivity (Wildman–Crippen MR) is 66.8 cm³/mol. The molecular weight excluding hydrogens is 232 g/mol. The van der Waals surface area contributed by atoms with Gasteiger partial charge in [-0.25, -0.2) is 9.64 Å². The lowest BCUT2D eigenvalue weighted by Gasteiger charge is -2.32. The second-order valence-corrected chi connectivity index (χ2v) is 4.03. The number of cyclic esters (lactones) is 1. The molecule has 5 nitrogen and oxygen atoms in total. The van der Waals surface area contributed by atoms with Gasteiger partial charge in [-0.2, -0.15) is 0 Å². The van der Waals surface area contributed by atoms with Crippen molar-refractivity contribution >= 4 is 17.5 Å². The van der Waals surface area contributed by atoms with Crippen LogP contribution in [-0.2, 0) is 9.47 Å². The Morgan fingerprint density at radius 1 is 1.56 bits per heavy atom. The number of ether oxygens (including phenoxy) is 2. The summed E-state index contributed by atoms with van der Waals surface area (Å²) in [5.74, 6) is 0. The van der Waals surface area contributed by atoms with Gasteiger partial charge in [0.25, 0.3) is 0 Å². The molecule has 5 heteroatoms. The van der Waals surface area contributed by atoms with Crippen molar-refractivity contribution in [3.8, 4) is 0 Å². The van der Waals surface area contributed by atoms with Crippen molar-refractivity contribution in [3.63, 3.8) is 0 Å². The lowest BCUT2D eigenvalue weighted by Crippen LogP contribution is -2.39. The van der Waals surface area contributed by atoms with Crippen molar-refractivity contribution in [1.82, 2.24) is 0 Å². The third-order valence-electron chi connectivity index (χ3n) is 2.89. The summed E-state index contributed by atoms with van der Waals surface area (Å²) in [6, 6.07) is 5.26. The lowest BCUT2D eigenvalue weighted by molar-refractivity contribution is 0.105. The molecule has 0 bridgehead atoms. The summed E-state index contributed by atoms with van der Waals surface area (Å²) in [4.78, 5) is 16.7. The Kier molecular flexibility index (Phi) is 3.49. The van der Waals surface area contributed by atoms with Crippen LogP contribution in [-0.4, -0.2) is 26.4 Å². The molecule has 18 heavy (non-hydrogen) atoms. The predicted octanol–water partition coefficient (Wildman–Crippen LogP) is 2.90. The Bertz CT molecular complexity index is 507. The molecule has 1 atom stereocenters. The molecule has 1 aliphatic heterocycles. The highest BCUT2D eigenvalue weighted by molar-refractivity contribution is 5.91. The number of carbonyl (C=O) groups excluding carboxylic acids is 1. The highest BCUT2D eigenvalue weighted by Gasteiger charge is 2.29. The van der Waals surface area contributed by atoms with Crippen LogP contribution in [0.5, 0.6) is 0 Å². The SMILES string of the molecule is [C-]#[N+]c1ccc2c(c1)C(C)OC(=O)N2CCOC. The van der Waals surface area contributed by atoms with E-state index >= 15 is 0 Å². The zero-order valence-electron chi connectivity index (χ0n) is 10.3. The number of hydrogen-bond donors (Lipinski definition) is 0. The molecule has 2 rings (SSSR count). The Hall–Kier alpha value is -2.06. The van der Waals surface area contributed by atoms with Crippen LogP contribution in [0.3, 0.4) is 0 Å². The number of hydrogen-bond acceptors (Lipinski definition) is 3. The Labute approximate surface area is 106 Å². The van der Waals surface area contributed by atoms with Crippen molar-refractivity contribution in [2.45, 2.75) is 13.0 Å². The lowest BCUT2D eigenvalue weighted by atomic mass is 10.0. The number of benzene rings is 1. The second-order valence-electron chi connectivity index (χ2n) is 4.03. The number of anilines is 1. The van der Waals surface area contributed by atoms with E-state index in [9.17, 15) is 4.79 Å². The number of nitrogens with zero attached hydrogens (tertiary/aromatic N) is 2. The first kappa shape index (κ1) is 12.4. The fourth-order valence-corrected chi connectivity index (χ4v) is 1.95. The molecular formula is C13H14N2O3. The molecule has 0 aromatic heterocycles. The van der Waals surface area contributed by atoms with Crippen molar-refractivity contribution < 1.29 is 14.3 Å². The standard InChI is InChI=1S/C13H14N2O3/c1-9-11-8-10(14-2)4-5-12(11)15(6-7-17-3)13(16)18-9/h4-5,8-9H,6-7H2,1,3H3. The minimum absolute atomic E-state index is 0.326. The van der Waals surface area contributed by atoms with Crippen molar-refractivity contribution in [1.29, 1.82) is 0 Å². The van der Waals surface area contributed by atoms with E-state index in [1.165, 1.54) is 4.90 Å². The van der Waals surface area contributed by atoms with Crippen LogP contribution in [0.4, 0.5) is 16.2 Å². The normalized spacial score (nSPS) is 17.9. The highest BCUT2D eigenvalue weighted by atomic mass is 16.6. The van der Waals surface area contributed by atoms with E-state index in [0.717, 1.165) is 11.3 Å². The fourth-order valence-electron chi connectivity index (χ4n) is 1.95. The maximum absolute atomic E-state index is 11.8. The van der Waals surface area contributed by atoms with Gasteiger partial charge in [-0.15, -0.1) is 0 Å². The van der Waals surface area contributed by atoms with Crippen LogP contribution >= 0.6 is 0 Å². The van der Waals surface area contributed by atoms with Gasteiger partial charge in [0.1, 0.15) is 6.10 Å². The summed E-state index contributed by atoms with van der Waals surface area (Å²) in [6.45, 7) is 9.69. The van der Waals surface area contributed by atoms with E-state index in [1.807, 2.05) is 0 Å². The first-order valence-corrected chi connectivity index (χ1v) is 5.66. The Morgan fingerprint density at radius 3 is 3.00 bits per heavy atom. The number of amides is 1. The maximum atomic E-state index is 11.8. The van der Waals surface area contributed by atoms with E-state index < -0.39 is 0 Å². The van der Waals surface area contributed by atoms with Gasteiger partial charge >= 0.3 is 6.09 Å². The van der Waals surface area contributed by atoms with Gasteiger partial charge in [-0.3, -0.25) is 4.90 Å². The summed E-state index contributed by atoms with van der Waals surface area (Å²) in [6.07, 6.45) is -0.699. The molecule has 1 amide bonds. The molecule has 0 saturated heterocycles. The summed E-state index contributed by atoms with van der Waals surface area (Å²) in [5.41, 5.74) is 2.20. The van der Waals surface area contributed by atoms with Gasteiger partial charge in [0, 0.05) is 12.7 Å². The van der Waals surface area contributed by atoms with Crippen molar-refractivity contribution in [2.24, 2.45) is 0 Å². The average Bonchev–Trinajstić information content (AvgIpc) is 2.38. The Morgan fingerprint density at radius 2 is 2.33 bits per heavy atom. The maximum Gasteiger partial charge on any atom is 0.414 e. The number of rotatable bonds is 3. The third-order valence-corrected chi connectivity index (χ3v) is 2.89. The van der Waals surface area contributed by atoms with Crippen LogP contribution in [0.1, 0.15) is 18.6 Å². The third kappa shape index (κ3) is 2.15. The molecule has 0 radical (unpaired) electrons. The van der Waals surface area contributed by atoms with Gasteiger partial charge in [-0.1, -0.05) is 6.07 Å². The minimum Gasteiger partial charge on any atom is -0.441 e. The number of methoxy groups -OCH3 is 1. The van der Waals surface area contributed by atoms with Crippen LogP contribution in [0.25, 0.3) is 4.85 Å². The molecule has 0 N–H and O–H groups in total. The molecule has 1 heterocycles. The van der Waals surface area contributed by atoms with Crippen LogP contribution in [0.15, 0.2) is 18.2 Å². The molecule has 0 fully saturated rings. The molecule has 0 spiro atoms. The monoisotopic (exact) mass is 246 g/mol. The second kappa shape index (κ2) is 5.07. The average molecular weight is 246 g/mol. The van der Waals surface area contributed by atoms with Gasteiger partial charge < -0.3 is 9.47 Å². The highest BCUT2D eigenvalue weighted by Crippen LogP contribution is 2.36. The molecule has 1 aromatic carbocycles. The van der Waals surface area contributed by atoms with Crippen LogP contribution in [0.2, 0.25) is 0 Å². The van der Waals surface area contributed by atoms with Crippen LogP contribution < -0.4 is 4.90 Å². The van der Waals surface area contributed by atoms with E-state index in [2.05, 4.69) is 4.85 Å². The topological polar surface area (TPSA) is 43.1 Å². The summed E-state index contributed by atoms with van der Waals surface area (Å²) in [5, 5.41) is 0. The van der Waals surface area contributed by atoms with Gasteiger partial charge in [0.15, 0.2) is 5.69 Å². The van der Waals surface area contributed by atoms with E-state index in [-0.39, 0.29) is 12.2 Å². The van der Waals surface area contributed by atoms with Crippen LogP contribution in [0, 0.1) is 6.57 Å². The van der Waals surface area contributed by atoms with Crippen molar-refractivity contribution in [2.75, 3.05) is 25.2 Å². The van der Waals surface area contributed by atoms with E-state index in [0.29, 0.717) is 18.8 Å². The largest absolute Gasteiger partial charge is 0.441 e. The first-order chi connectivity index (χ1) is 8.67. The zero-order valence-corrected chi connectivity index (χ0v) is 10.3. The quantitative estimate of drug-likeness (QED) is 0.770. The van der Waals surface area contributed by atoms with Gasteiger partial charge in [0.05, 0.1) is 25.4 Å². The summed E-state index contributed by atoms with van der Waals surface area (Å²) in [7, 11) is 1.58. The first-order valence-electron chi connectivity index (χ1n) is 5.66. The Balaban J connectivity index is 2.39. The molecule has 1 aromatic rings.